The summed E-state index contributed by atoms with van der Waals surface area (Å²) < 4.78 is 25.4. The minimum Gasteiger partial charge on any atom is -0.369 e. The van der Waals surface area contributed by atoms with Crippen LogP contribution in [0.1, 0.15) is 5.56 Å². The second-order valence-corrected chi connectivity index (χ2v) is 6.80. The molecule has 0 saturated carbocycles. The van der Waals surface area contributed by atoms with E-state index in [1.807, 2.05) is 18.2 Å². The van der Waals surface area contributed by atoms with Crippen LogP contribution in [0.3, 0.4) is 0 Å². The summed E-state index contributed by atoms with van der Waals surface area (Å²) in [7, 11) is -3.35. The fourth-order valence-electron chi connectivity index (χ4n) is 2.28. The zero-order valence-electron chi connectivity index (χ0n) is 11.4. The Morgan fingerprint density at radius 1 is 1.24 bits per heavy atom. The molecule has 21 heavy (non-hydrogen) atoms. The smallest absolute Gasteiger partial charge is 0.201 e. The lowest BCUT2D eigenvalue weighted by Crippen LogP contribution is -2.04. The minimum absolute atomic E-state index is 0.191. The maximum atomic E-state index is 11.8. The molecule has 2 aromatic heterocycles. The first-order chi connectivity index (χ1) is 9.97. The number of hydrogen-bond acceptors (Lipinski definition) is 5. The van der Waals surface area contributed by atoms with Crippen LogP contribution in [0.15, 0.2) is 47.6 Å². The molecule has 108 valence electrons. The fraction of sp³-hybridized carbons (Fsp3) is 0.143. The predicted octanol–water partition coefficient (Wildman–Crippen LogP) is 1.47. The van der Waals surface area contributed by atoms with Gasteiger partial charge in [0.15, 0.2) is 9.84 Å². The number of sulfone groups is 1. The van der Waals surface area contributed by atoms with Gasteiger partial charge in [0, 0.05) is 18.6 Å². The predicted molar refractivity (Wildman–Crippen MR) is 80.6 cm³/mol. The molecule has 0 amide bonds. The lowest BCUT2D eigenvalue weighted by Gasteiger charge is -2.06. The Morgan fingerprint density at radius 2 is 2.05 bits per heavy atom. The first kappa shape index (κ1) is 13.6. The van der Waals surface area contributed by atoms with Crippen molar-refractivity contribution < 1.29 is 8.42 Å². The number of anilines is 1. The highest BCUT2D eigenvalue weighted by molar-refractivity contribution is 7.91. The second kappa shape index (κ2) is 4.85. The van der Waals surface area contributed by atoms with Crippen LogP contribution >= 0.6 is 0 Å². The highest BCUT2D eigenvalue weighted by Gasteiger charge is 2.17. The SMILES string of the molecule is CS(=O)(=O)c1cccc2c1nc(N)n2Cc1cccnc1. The number of aromatic nitrogens is 3. The Morgan fingerprint density at radius 3 is 2.71 bits per heavy atom. The monoisotopic (exact) mass is 302 g/mol. The summed E-state index contributed by atoms with van der Waals surface area (Å²) in [5, 5.41) is 0. The van der Waals surface area contributed by atoms with Crippen molar-refractivity contribution in [2.45, 2.75) is 11.4 Å². The number of nitrogen functional groups attached to an aromatic ring is 1. The molecule has 0 spiro atoms. The Bertz CT molecular complexity index is 901. The molecule has 0 atom stereocenters. The molecule has 3 rings (SSSR count). The highest BCUT2D eigenvalue weighted by Crippen LogP contribution is 2.25. The summed E-state index contributed by atoms with van der Waals surface area (Å²) in [4.78, 5) is 8.47. The van der Waals surface area contributed by atoms with E-state index in [4.69, 9.17) is 5.73 Å². The third-order valence-corrected chi connectivity index (χ3v) is 4.36. The number of nitrogens with two attached hydrogens (primary N) is 1. The van der Waals surface area contributed by atoms with Gasteiger partial charge in [-0.25, -0.2) is 13.4 Å². The number of para-hydroxylation sites is 1. The van der Waals surface area contributed by atoms with Gasteiger partial charge in [-0.1, -0.05) is 12.1 Å². The van der Waals surface area contributed by atoms with E-state index in [-0.39, 0.29) is 10.8 Å². The molecule has 0 aliphatic carbocycles. The minimum atomic E-state index is -3.35. The van der Waals surface area contributed by atoms with Crippen LogP contribution in [0.5, 0.6) is 0 Å². The van der Waals surface area contributed by atoms with Crippen molar-refractivity contribution in [1.29, 1.82) is 0 Å². The van der Waals surface area contributed by atoms with Gasteiger partial charge in [0.05, 0.1) is 17.0 Å². The molecule has 6 nitrogen and oxygen atoms in total. The van der Waals surface area contributed by atoms with Gasteiger partial charge in [-0.3, -0.25) is 4.98 Å². The fourth-order valence-corrected chi connectivity index (χ4v) is 3.11. The first-order valence-electron chi connectivity index (χ1n) is 6.30. The molecule has 0 aliphatic rings. The number of nitrogens with zero attached hydrogens (tertiary/aromatic N) is 3. The van der Waals surface area contributed by atoms with Crippen LogP contribution in [0.4, 0.5) is 5.95 Å². The van der Waals surface area contributed by atoms with Crippen molar-refractivity contribution in [2.75, 3.05) is 12.0 Å². The van der Waals surface area contributed by atoms with Crippen molar-refractivity contribution >= 4 is 26.8 Å². The first-order valence-corrected chi connectivity index (χ1v) is 8.19. The Hall–Kier alpha value is -2.41. The van der Waals surface area contributed by atoms with Crippen molar-refractivity contribution in [3.05, 3.63) is 48.3 Å². The summed E-state index contributed by atoms with van der Waals surface area (Å²) in [6.07, 6.45) is 4.60. The number of hydrogen-bond donors (Lipinski definition) is 1. The summed E-state index contributed by atoms with van der Waals surface area (Å²) >= 11 is 0. The van der Waals surface area contributed by atoms with E-state index < -0.39 is 9.84 Å². The molecule has 0 saturated heterocycles. The summed E-state index contributed by atoms with van der Waals surface area (Å²) in [5.74, 6) is 0.282. The van der Waals surface area contributed by atoms with Crippen LogP contribution in [0.2, 0.25) is 0 Å². The normalized spacial score (nSPS) is 11.9. The van der Waals surface area contributed by atoms with Gasteiger partial charge < -0.3 is 10.3 Å². The third-order valence-electron chi connectivity index (χ3n) is 3.23. The van der Waals surface area contributed by atoms with Crippen molar-refractivity contribution in [3.63, 3.8) is 0 Å². The molecule has 0 radical (unpaired) electrons. The average Bonchev–Trinajstić information content (AvgIpc) is 2.75. The van der Waals surface area contributed by atoms with Crippen LogP contribution in [-0.4, -0.2) is 29.2 Å². The van der Waals surface area contributed by atoms with Gasteiger partial charge in [-0.2, -0.15) is 0 Å². The van der Waals surface area contributed by atoms with E-state index in [9.17, 15) is 8.42 Å². The van der Waals surface area contributed by atoms with E-state index in [2.05, 4.69) is 9.97 Å². The van der Waals surface area contributed by atoms with Gasteiger partial charge in [-0.05, 0) is 23.8 Å². The average molecular weight is 302 g/mol. The molecular formula is C14H14N4O2S. The van der Waals surface area contributed by atoms with Crippen molar-refractivity contribution in [2.24, 2.45) is 0 Å². The van der Waals surface area contributed by atoms with Crippen LogP contribution in [-0.2, 0) is 16.4 Å². The molecule has 7 heteroatoms. The van der Waals surface area contributed by atoms with Crippen LogP contribution in [0, 0.1) is 0 Å². The Kier molecular flexibility index (Phi) is 3.13. The number of imidazole rings is 1. The lowest BCUT2D eigenvalue weighted by molar-refractivity contribution is 0.602. The largest absolute Gasteiger partial charge is 0.369 e. The van der Waals surface area contributed by atoms with E-state index >= 15 is 0 Å². The zero-order valence-corrected chi connectivity index (χ0v) is 12.2. The molecule has 2 N–H and O–H groups in total. The highest BCUT2D eigenvalue weighted by atomic mass is 32.2. The molecule has 1 aromatic carbocycles. The van der Waals surface area contributed by atoms with Gasteiger partial charge in [0.25, 0.3) is 0 Å². The standard InChI is InChI=1S/C14H14N4O2S/c1-21(19,20)12-6-2-5-11-13(12)17-14(15)18(11)9-10-4-3-7-16-8-10/h2-8H,9H2,1H3,(H2,15,17). The van der Waals surface area contributed by atoms with Gasteiger partial charge in [0.1, 0.15) is 5.52 Å². The number of fused-ring (bicyclic) bond motifs is 1. The summed E-state index contributed by atoms with van der Waals surface area (Å²) in [6, 6.07) is 8.81. The summed E-state index contributed by atoms with van der Waals surface area (Å²) in [6.45, 7) is 0.489. The molecule has 0 bridgehead atoms. The van der Waals surface area contributed by atoms with Gasteiger partial charge in [0.2, 0.25) is 5.95 Å². The van der Waals surface area contributed by atoms with Crippen LogP contribution < -0.4 is 5.73 Å². The third kappa shape index (κ3) is 2.47. The Balaban J connectivity index is 2.19. The van der Waals surface area contributed by atoms with E-state index in [0.717, 1.165) is 11.8 Å². The molecular weight excluding hydrogens is 288 g/mol. The molecule has 2 heterocycles. The van der Waals surface area contributed by atoms with E-state index in [1.165, 1.54) is 0 Å². The van der Waals surface area contributed by atoms with Crippen molar-refractivity contribution in [3.8, 4) is 0 Å². The molecule has 0 fully saturated rings. The number of pyridine rings is 1. The van der Waals surface area contributed by atoms with Crippen LogP contribution in [0.25, 0.3) is 11.0 Å². The van der Waals surface area contributed by atoms with E-state index in [0.29, 0.717) is 17.6 Å². The van der Waals surface area contributed by atoms with Crippen molar-refractivity contribution in [1.82, 2.24) is 14.5 Å². The van der Waals surface area contributed by atoms with Gasteiger partial charge in [-0.15, -0.1) is 0 Å². The Labute approximate surface area is 122 Å². The molecule has 0 aliphatic heterocycles. The lowest BCUT2D eigenvalue weighted by atomic mass is 10.2. The van der Waals surface area contributed by atoms with E-state index in [1.54, 1.807) is 29.1 Å². The number of benzene rings is 1. The second-order valence-electron chi connectivity index (χ2n) is 4.81. The topological polar surface area (TPSA) is 90.9 Å². The molecule has 3 aromatic rings. The summed E-state index contributed by atoms with van der Waals surface area (Å²) in [5.41, 5.74) is 8.01. The van der Waals surface area contributed by atoms with Gasteiger partial charge >= 0.3 is 0 Å². The molecule has 0 unspecified atom stereocenters. The maximum absolute atomic E-state index is 11.8. The number of rotatable bonds is 3. The quantitative estimate of drug-likeness (QED) is 0.791. The maximum Gasteiger partial charge on any atom is 0.201 e. The zero-order chi connectivity index (χ0) is 15.0.